The summed E-state index contributed by atoms with van der Waals surface area (Å²) < 4.78 is 6.23. The highest BCUT2D eigenvalue weighted by Crippen LogP contribution is 2.39. The van der Waals surface area contributed by atoms with Crippen molar-refractivity contribution in [1.82, 2.24) is 0 Å². The molecule has 0 unspecified atom stereocenters. The van der Waals surface area contributed by atoms with E-state index in [1.807, 2.05) is 30.3 Å². The zero-order chi connectivity index (χ0) is 18.0. The molecule has 24 heavy (non-hydrogen) atoms. The average molecular weight is 367 g/mol. The Labute approximate surface area is 151 Å². The number of carbonyl (C=O) groups is 1. The van der Waals surface area contributed by atoms with Gasteiger partial charge in [-0.2, -0.15) is 0 Å². The average Bonchev–Trinajstić information content (AvgIpc) is 2.87. The summed E-state index contributed by atoms with van der Waals surface area (Å²) in [6.07, 6.45) is 1.02. The van der Waals surface area contributed by atoms with E-state index in [0.717, 1.165) is 6.42 Å². The lowest BCUT2D eigenvalue weighted by Gasteiger charge is -2.36. The minimum atomic E-state index is -1.72. The van der Waals surface area contributed by atoms with E-state index in [1.165, 1.54) is 0 Å². The number of benzene rings is 1. The summed E-state index contributed by atoms with van der Waals surface area (Å²) in [5.74, 6) is 0.0425. The Hall–Kier alpha value is -0.623. The highest BCUT2D eigenvalue weighted by molar-refractivity contribution is 8.01. The van der Waals surface area contributed by atoms with Crippen LogP contribution in [0.2, 0.25) is 18.1 Å². The van der Waals surface area contributed by atoms with Crippen LogP contribution >= 0.6 is 11.8 Å². The fourth-order valence-electron chi connectivity index (χ4n) is 2.60. The smallest absolute Gasteiger partial charge is 0.191 e. The second-order valence-electron chi connectivity index (χ2n) is 8.11. The van der Waals surface area contributed by atoms with Crippen LogP contribution in [0.4, 0.5) is 0 Å². The van der Waals surface area contributed by atoms with Gasteiger partial charge in [0.25, 0.3) is 0 Å². The van der Waals surface area contributed by atoms with E-state index in [1.54, 1.807) is 11.8 Å². The van der Waals surface area contributed by atoms with Crippen molar-refractivity contribution in [2.24, 2.45) is 0 Å². The van der Waals surface area contributed by atoms with Crippen molar-refractivity contribution in [3.8, 4) is 0 Å². The first kappa shape index (κ1) is 19.7. The predicted octanol–water partition coefficient (Wildman–Crippen LogP) is 4.52. The molecule has 1 saturated heterocycles. The maximum absolute atomic E-state index is 12.6. The van der Waals surface area contributed by atoms with E-state index >= 15 is 0 Å². The van der Waals surface area contributed by atoms with Crippen molar-refractivity contribution in [3.63, 3.8) is 0 Å². The zero-order valence-corrected chi connectivity index (χ0v) is 17.2. The van der Waals surface area contributed by atoms with Gasteiger partial charge in [0.05, 0.1) is 11.4 Å². The first-order valence-corrected chi connectivity index (χ1v) is 12.5. The van der Waals surface area contributed by atoms with Crippen molar-refractivity contribution in [2.75, 3.05) is 6.61 Å². The van der Waals surface area contributed by atoms with Gasteiger partial charge >= 0.3 is 0 Å². The van der Waals surface area contributed by atoms with Crippen LogP contribution < -0.4 is 0 Å². The molecule has 0 aliphatic carbocycles. The number of hydrogen-bond donors (Lipinski definition) is 1. The number of thioether (sulfide) groups is 1. The van der Waals surface area contributed by atoms with Crippen LogP contribution in [0.25, 0.3) is 0 Å². The number of rotatable bonds is 6. The molecule has 0 amide bonds. The first-order valence-electron chi connectivity index (χ1n) is 8.68. The molecule has 0 aromatic heterocycles. The number of hydrogen-bond acceptors (Lipinski definition) is 4. The lowest BCUT2D eigenvalue weighted by molar-refractivity contribution is 0.0902. The van der Waals surface area contributed by atoms with Gasteiger partial charge in [0.1, 0.15) is 0 Å². The van der Waals surface area contributed by atoms with E-state index in [0.29, 0.717) is 23.8 Å². The number of aliphatic hydroxyl groups is 1. The molecule has 2 rings (SSSR count). The van der Waals surface area contributed by atoms with Gasteiger partial charge in [0, 0.05) is 17.4 Å². The van der Waals surface area contributed by atoms with Gasteiger partial charge in [0.2, 0.25) is 0 Å². The molecule has 134 valence electrons. The molecule has 3 atom stereocenters. The van der Waals surface area contributed by atoms with Crippen molar-refractivity contribution in [2.45, 2.75) is 68.3 Å². The third-order valence-electron chi connectivity index (χ3n) is 5.22. The van der Waals surface area contributed by atoms with Crippen molar-refractivity contribution in [3.05, 3.63) is 35.9 Å². The standard InChI is InChI=1S/C19H30O3SSi/c1-19(2,3)24(4,5)22-12-11-15-13-16(20)18(23-15)17(21)14-9-7-6-8-10-14/h6-10,15-16,18,20H,11-13H2,1-5H3/t15-,16-,18+/m1/s1. The summed E-state index contributed by atoms with van der Waals surface area (Å²) >= 11 is 1.62. The van der Waals surface area contributed by atoms with Crippen molar-refractivity contribution < 1.29 is 14.3 Å². The highest BCUT2D eigenvalue weighted by Gasteiger charge is 2.40. The van der Waals surface area contributed by atoms with Crippen LogP contribution in [0.1, 0.15) is 44.0 Å². The maximum atomic E-state index is 12.6. The lowest BCUT2D eigenvalue weighted by atomic mass is 10.0. The second-order valence-corrected chi connectivity index (χ2v) is 14.4. The first-order chi connectivity index (χ1) is 11.1. The third-order valence-corrected chi connectivity index (χ3v) is 11.4. The molecule has 0 spiro atoms. The summed E-state index contributed by atoms with van der Waals surface area (Å²) in [4.78, 5) is 12.6. The Morgan fingerprint density at radius 2 is 1.92 bits per heavy atom. The Balaban J connectivity index is 1.87. The third kappa shape index (κ3) is 4.72. The number of Topliss-reactive ketones (excluding diaryl/α,β-unsaturated/α-hetero) is 1. The topological polar surface area (TPSA) is 46.5 Å². The van der Waals surface area contributed by atoms with E-state index in [2.05, 4.69) is 33.9 Å². The summed E-state index contributed by atoms with van der Waals surface area (Å²) in [5, 5.41) is 10.5. The van der Waals surface area contributed by atoms with Gasteiger partial charge < -0.3 is 9.53 Å². The fraction of sp³-hybridized carbons (Fsp3) is 0.632. The van der Waals surface area contributed by atoms with Gasteiger partial charge in [0.15, 0.2) is 14.1 Å². The maximum Gasteiger partial charge on any atom is 0.191 e. The molecule has 0 bridgehead atoms. The van der Waals surface area contributed by atoms with Gasteiger partial charge in [-0.15, -0.1) is 11.8 Å². The minimum Gasteiger partial charge on any atom is -0.417 e. The summed E-state index contributed by atoms with van der Waals surface area (Å²) in [5.41, 5.74) is 0.687. The molecule has 1 aromatic rings. The van der Waals surface area contributed by atoms with Crippen LogP contribution in [0.5, 0.6) is 0 Å². The SMILES string of the molecule is CC(C)(C)[Si](C)(C)OCC[C@@H]1C[C@@H](O)[C@@H](C(=O)c2ccccc2)S1. The molecular formula is C19H30O3SSi. The molecule has 1 aromatic carbocycles. The second kappa shape index (κ2) is 7.73. The molecule has 3 nitrogen and oxygen atoms in total. The quantitative estimate of drug-likeness (QED) is 0.594. The Bertz CT molecular complexity index is 553. The number of carbonyl (C=O) groups excluding carboxylic acids is 1. The molecule has 0 saturated carbocycles. The summed E-state index contributed by atoms with van der Waals surface area (Å²) in [6.45, 7) is 11.9. The van der Waals surface area contributed by atoms with Crippen LogP contribution in [0.15, 0.2) is 30.3 Å². The van der Waals surface area contributed by atoms with Crippen LogP contribution in [0, 0.1) is 0 Å². The summed E-state index contributed by atoms with van der Waals surface area (Å²) in [6, 6.07) is 9.27. The largest absolute Gasteiger partial charge is 0.417 e. The number of ketones is 1. The zero-order valence-electron chi connectivity index (χ0n) is 15.4. The van der Waals surface area contributed by atoms with Crippen molar-refractivity contribution in [1.29, 1.82) is 0 Å². The number of aliphatic hydroxyl groups excluding tert-OH is 1. The molecule has 1 fully saturated rings. The summed E-state index contributed by atoms with van der Waals surface area (Å²) in [7, 11) is -1.72. The van der Waals surface area contributed by atoms with E-state index < -0.39 is 14.4 Å². The molecule has 1 aliphatic heterocycles. The van der Waals surface area contributed by atoms with E-state index in [9.17, 15) is 9.90 Å². The lowest BCUT2D eigenvalue weighted by Crippen LogP contribution is -2.41. The molecule has 1 heterocycles. The molecule has 1 N–H and O–H groups in total. The Morgan fingerprint density at radius 1 is 1.29 bits per heavy atom. The van der Waals surface area contributed by atoms with Crippen molar-refractivity contribution >= 4 is 25.9 Å². The molecular weight excluding hydrogens is 336 g/mol. The fourth-order valence-corrected chi connectivity index (χ4v) is 5.17. The van der Waals surface area contributed by atoms with E-state index in [4.69, 9.17) is 4.43 Å². The normalized spacial score (nSPS) is 25.0. The van der Waals surface area contributed by atoms with Gasteiger partial charge in [-0.3, -0.25) is 4.79 Å². The Morgan fingerprint density at radius 3 is 2.50 bits per heavy atom. The van der Waals surface area contributed by atoms with Crippen LogP contribution in [0.3, 0.4) is 0 Å². The van der Waals surface area contributed by atoms with Crippen LogP contribution in [-0.2, 0) is 4.43 Å². The van der Waals surface area contributed by atoms with Crippen LogP contribution in [-0.4, -0.2) is 42.4 Å². The van der Waals surface area contributed by atoms with Gasteiger partial charge in [-0.25, -0.2) is 0 Å². The monoisotopic (exact) mass is 366 g/mol. The predicted molar refractivity (Wildman–Crippen MR) is 104 cm³/mol. The molecule has 1 aliphatic rings. The highest BCUT2D eigenvalue weighted by atomic mass is 32.2. The minimum absolute atomic E-state index is 0.0425. The van der Waals surface area contributed by atoms with Gasteiger partial charge in [-0.1, -0.05) is 51.1 Å². The van der Waals surface area contributed by atoms with E-state index in [-0.39, 0.29) is 16.1 Å². The molecule has 5 heteroatoms. The molecule has 0 radical (unpaired) electrons. The van der Waals surface area contributed by atoms with Gasteiger partial charge in [-0.05, 0) is 31.0 Å². The Kier molecular flexibility index (Phi) is 6.34.